The summed E-state index contributed by atoms with van der Waals surface area (Å²) in [7, 11) is 0. The Hall–Kier alpha value is -3.72. The third kappa shape index (κ3) is 3.04. The van der Waals surface area contributed by atoms with Crippen molar-refractivity contribution in [1.82, 2.24) is 24.1 Å². The van der Waals surface area contributed by atoms with Gasteiger partial charge in [-0.2, -0.15) is 10.1 Å². The molecular weight excluding hydrogens is 430 g/mol. The zero-order chi connectivity index (χ0) is 22.6. The molecule has 9 nitrogen and oxygen atoms in total. The fraction of sp³-hybridized carbons (Fsp3) is 0.227. The fourth-order valence-electron chi connectivity index (χ4n) is 4.22. The van der Waals surface area contributed by atoms with Gasteiger partial charge in [0.2, 0.25) is 5.95 Å². The molecule has 1 aliphatic heterocycles. The number of nitrogens with two attached hydrogens (primary N) is 1. The maximum Gasteiger partial charge on any atom is 0.284 e. The van der Waals surface area contributed by atoms with Gasteiger partial charge in [0.05, 0.1) is 22.3 Å². The lowest BCUT2D eigenvalue weighted by atomic mass is 9.88. The molecular formula is C22H20ClN7O2. The maximum absolute atomic E-state index is 13.6. The Morgan fingerprint density at radius 1 is 1.22 bits per heavy atom. The molecule has 2 N–H and O–H groups in total. The number of benzene rings is 1. The van der Waals surface area contributed by atoms with E-state index in [2.05, 4.69) is 16.9 Å². The summed E-state index contributed by atoms with van der Waals surface area (Å²) in [6.07, 6.45) is 3.10. The van der Waals surface area contributed by atoms with E-state index in [1.165, 1.54) is 17.6 Å². The van der Waals surface area contributed by atoms with Gasteiger partial charge >= 0.3 is 0 Å². The van der Waals surface area contributed by atoms with Crippen LogP contribution in [0.3, 0.4) is 0 Å². The first-order valence-electron chi connectivity index (χ1n) is 10.1. The molecule has 0 amide bonds. The van der Waals surface area contributed by atoms with Crippen molar-refractivity contribution in [3.63, 3.8) is 0 Å². The molecule has 1 aliphatic rings. The van der Waals surface area contributed by atoms with E-state index in [0.29, 0.717) is 40.0 Å². The Morgan fingerprint density at radius 3 is 2.66 bits per heavy atom. The molecule has 2 atom stereocenters. The Labute approximate surface area is 188 Å². The topological polar surface area (TPSA) is 111 Å². The summed E-state index contributed by atoms with van der Waals surface area (Å²) < 4.78 is 3.08. The number of aromatic nitrogens is 5. The molecule has 4 aromatic rings. The molecule has 0 saturated carbocycles. The molecule has 0 unspecified atom stereocenters. The lowest BCUT2D eigenvalue weighted by molar-refractivity contribution is 0.101. The Morgan fingerprint density at radius 2 is 1.97 bits per heavy atom. The van der Waals surface area contributed by atoms with Crippen LogP contribution >= 0.6 is 11.6 Å². The van der Waals surface area contributed by atoms with Gasteiger partial charge in [-0.25, -0.2) is 9.50 Å². The van der Waals surface area contributed by atoms with Crippen molar-refractivity contribution < 1.29 is 4.79 Å². The molecule has 5 rings (SSSR count). The normalized spacial score (nSPS) is 18.0. The SMILES string of the molecule is CC(=O)c1cnc(N)nc1N1C[C@@H](C)[C@H]1c1nn2ccc(Cl)c2c(=O)n1-c1ccccc1. The van der Waals surface area contributed by atoms with Gasteiger partial charge in [-0.05, 0) is 25.1 Å². The molecule has 1 aromatic carbocycles. The summed E-state index contributed by atoms with van der Waals surface area (Å²) in [5, 5.41) is 5.11. The number of rotatable bonds is 4. The van der Waals surface area contributed by atoms with Crippen LogP contribution in [0.25, 0.3) is 11.2 Å². The smallest absolute Gasteiger partial charge is 0.284 e. The second-order valence-electron chi connectivity index (χ2n) is 7.89. The van der Waals surface area contributed by atoms with Crippen LogP contribution in [0.2, 0.25) is 5.02 Å². The minimum atomic E-state index is -0.319. The molecule has 32 heavy (non-hydrogen) atoms. The van der Waals surface area contributed by atoms with Gasteiger partial charge in [-0.1, -0.05) is 36.7 Å². The predicted molar refractivity (Wildman–Crippen MR) is 121 cm³/mol. The first kappa shape index (κ1) is 20.2. The minimum absolute atomic E-state index is 0.0735. The zero-order valence-corrected chi connectivity index (χ0v) is 18.2. The highest BCUT2D eigenvalue weighted by molar-refractivity contribution is 6.33. The van der Waals surface area contributed by atoms with Gasteiger partial charge in [-0.3, -0.25) is 14.2 Å². The molecule has 0 radical (unpaired) electrons. The maximum atomic E-state index is 13.6. The number of para-hydroxylation sites is 1. The number of Topliss-reactive ketones (excluding diaryl/α,β-unsaturated/α-hetero) is 1. The Kier molecular flexibility index (Phi) is 4.70. The number of halogens is 1. The quantitative estimate of drug-likeness (QED) is 0.477. The molecule has 4 heterocycles. The fourth-order valence-corrected chi connectivity index (χ4v) is 4.45. The van der Waals surface area contributed by atoms with E-state index in [4.69, 9.17) is 22.4 Å². The first-order valence-corrected chi connectivity index (χ1v) is 10.5. The Bertz CT molecular complexity index is 1410. The number of carbonyl (C=O) groups is 1. The van der Waals surface area contributed by atoms with E-state index in [1.54, 1.807) is 16.8 Å². The largest absolute Gasteiger partial charge is 0.368 e. The third-order valence-corrected chi connectivity index (χ3v) is 6.04. The van der Waals surface area contributed by atoms with Crippen molar-refractivity contribution in [2.75, 3.05) is 17.2 Å². The van der Waals surface area contributed by atoms with Gasteiger partial charge in [0.15, 0.2) is 11.6 Å². The van der Waals surface area contributed by atoms with Crippen molar-refractivity contribution >= 4 is 34.7 Å². The molecule has 1 fully saturated rings. The molecule has 162 valence electrons. The summed E-state index contributed by atoms with van der Waals surface area (Å²) in [6.45, 7) is 4.15. The van der Waals surface area contributed by atoms with Crippen LogP contribution in [-0.4, -0.2) is 36.5 Å². The molecule has 1 saturated heterocycles. The monoisotopic (exact) mass is 449 g/mol. The molecule has 10 heteroatoms. The molecule has 3 aromatic heterocycles. The van der Waals surface area contributed by atoms with Crippen molar-refractivity contribution in [3.8, 4) is 5.69 Å². The van der Waals surface area contributed by atoms with E-state index in [1.807, 2.05) is 35.2 Å². The predicted octanol–water partition coefficient (Wildman–Crippen LogP) is 2.91. The van der Waals surface area contributed by atoms with Crippen LogP contribution in [-0.2, 0) is 0 Å². The van der Waals surface area contributed by atoms with E-state index in [9.17, 15) is 9.59 Å². The number of hydrogen-bond acceptors (Lipinski definition) is 7. The number of fused-ring (bicyclic) bond motifs is 1. The second kappa shape index (κ2) is 7.45. The van der Waals surface area contributed by atoms with Crippen molar-refractivity contribution in [2.45, 2.75) is 19.9 Å². The Balaban J connectivity index is 1.75. The average Bonchev–Trinajstić information content (AvgIpc) is 3.13. The van der Waals surface area contributed by atoms with Gasteiger partial charge in [0, 0.05) is 24.9 Å². The molecule has 0 aliphatic carbocycles. The van der Waals surface area contributed by atoms with E-state index < -0.39 is 0 Å². The van der Waals surface area contributed by atoms with Crippen molar-refractivity contribution in [1.29, 1.82) is 0 Å². The van der Waals surface area contributed by atoms with Gasteiger partial charge in [0.1, 0.15) is 11.3 Å². The standard InChI is InChI=1S/C22H20ClN7O2/c1-12-11-28(19-15(13(2)31)10-25-22(24)26-19)17(12)20-27-29-9-8-16(23)18(29)21(32)30(20)14-6-4-3-5-7-14/h3-10,12,17H,11H2,1-2H3,(H2,24,25,26)/t12-,17+/m1/s1. The van der Waals surface area contributed by atoms with Crippen LogP contribution in [0, 0.1) is 5.92 Å². The minimum Gasteiger partial charge on any atom is -0.368 e. The van der Waals surface area contributed by atoms with Crippen LogP contribution in [0.15, 0.2) is 53.6 Å². The summed E-state index contributed by atoms with van der Waals surface area (Å²) in [5.41, 5.74) is 6.91. The number of anilines is 2. The van der Waals surface area contributed by atoms with Crippen molar-refractivity contribution in [2.24, 2.45) is 5.92 Å². The highest BCUT2D eigenvalue weighted by atomic mass is 35.5. The van der Waals surface area contributed by atoms with E-state index >= 15 is 0 Å². The van der Waals surface area contributed by atoms with Crippen LogP contribution < -0.4 is 16.2 Å². The number of nitrogens with zero attached hydrogens (tertiary/aromatic N) is 6. The third-order valence-electron chi connectivity index (χ3n) is 5.74. The number of ketones is 1. The van der Waals surface area contributed by atoms with Crippen molar-refractivity contribution in [3.05, 3.63) is 75.6 Å². The zero-order valence-electron chi connectivity index (χ0n) is 17.4. The van der Waals surface area contributed by atoms with Crippen LogP contribution in [0.5, 0.6) is 0 Å². The molecule has 0 spiro atoms. The lowest BCUT2D eigenvalue weighted by Crippen LogP contribution is -2.52. The number of nitrogen functional groups attached to an aromatic ring is 1. The second-order valence-corrected chi connectivity index (χ2v) is 8.29. The van der Waals surface area contributed by atoms with E-state index in [0.717, 1.165) is 0 Å². The van der Waals surface area contributed by atoms with Gasteiger partial charge in [0.25, 0.3) is 5.56 Å². The number of hydrogen-bond donors (Lipinski definition) is 1. The average molecular weight is 450 g/mol. The van der Waals surface area contributed by atoms with Gasteiger partial charge < -0.3 is 10.6 Å². The highest BCUT2D eigenvalue weighted by Gasteiger charge is 2.43. The van der Waals surface area contributed by atoms with E-state index in [-0.39, 0.29) is 29.3 Å². The van der Waals surface area contributed by atoms with Crippen LogP contribution in [0.1, 0.15) is 36.1 Å². The van der Waals surface area contributed by atoms with Crippen LogP contribution in [0.4, 0.5) is 11.8 Å². The molecule has 0 bridgehead atoms. The summed E-state index contributed by atoms with van der Waals surface area (Å²) in [6, 6.07) is 10.6. The number of carbonyl (C=O) groups excluding carboxylic acids is 1. The lowest BCUT2D eigenvalue weighted by Gasteiger charge is -2.47. The highest BCUT2D eigenvalue weighted by Crippen LogP contribution is 2.42. The summed E-state index contributed by atoms with van der Waals surface area (Å²) in [4.78, 5) is 36.0. The summed E-state index contributed by atoms with van der Waals surface area (Å²) >= 11 is 6.29. The summed E-state index contributed by atoms with van der Waals surface area (Å²) in [5.74, 6) is 0.999. The van der Waals surface area contributed by atoms with Gasteiger partial charge in [-0.15, -0.1) is 0 Å². The first-order chi connectivity index (χ1) is 15.4.